The number of thiazole rings is 2. The van der Waals surface area contributed by atoms with E-state index in [4.69, 9.17) is 0 Å². The summed E-state index contributed by atoms with van der Waals surface area (Å²) in [6, 6.07) is 21.8. The van der Waals surface area contributed by atoms with Gasteiger partial charge in [-0.05, 0) is 10.8 Å². The topological polar surface area (TPSA) is 121 Å². The van der Waals surface area contributed by atoms with Gasteiger partial charge in [0.25, 0.3) is 0 Å². The van der Waals surface area contributed by atoms with E-state index < -0.39 is 0 Å². The van der Waals surface area contributed by atoms with E-state index in [0.717, 1.165) is 21.5 Å². The minimum absolute atomic E-state index is 0. The number of hydrogen-bond donors (Lipinski definition) is 0. The molecule has 8 nitrogen and oxygen atoms in total. The van der Waals surface area contributed by atoms with E-state index in [-0.39, 0.29) is 28.6 Å². The van der Waals surface area contributed by atoms with Gasteiger partial charge in [0.1, 0.15) is 0 Å². The first-order chi connectivity index (χ1) is 17.7. The van der Waals surface area contributed by atoms with Gasteiger partial charge in [-0.15, -0.1) is 43.1 Å². The Balaban J connectivity index is 0.000000168. The minimum Gasteiger partial charge on any atom is -0.871 e. The minimum atomic E-state index is -0.131. The van der Waals surface area contributed by atoms with Gasteiger partial charge < -0.3 is 10.2 Å². The van der Waals surface area contributed by atoms with Gasteiger partial charge in [0.15, 0.2) is 0 Å². The summed E-state index contributed by atoms with van der Waals surface area (Å²) in [4.78, 5) is 7.99. The Morgan fingerprint density at radius 2 is 0.973 bits per heavy atom. The molecule has 2 aromatic heterocycles. The van der Waals surface area contributed by atoms with Crippen LogP contribution in [0.2, 0.25) is 0 Å². The molecule has 0 saturated carbocycles. The van der Waals surface area contributed by atoms with Gasteiger partial charge in [-0.1, -0.05) is 84.3 Å². The zero-order valence-electron chi connectivity index (χ0n) is 18.9. The van der Waals surface area contributed by atoms with Crippen LogP contribution < -0.4 is 10.2 Å². The van der Waals surface area contributed by atoms with E-state index in [1.807, 2.05) is 59.3 Å². The molecule has 182 valence electrons. The molecule has 0 spiro atoms. The third kappa shape index (κ3) is 6.22. The van der Waals surface area contributed by atoms with Crippen LogP contribution in [0.1, 0.15) is 0 Å². The summed E-state index contributed by atoms with van der Waals surface area (Å²) >= 11 is 2.76. The molecular formula is C26H16FeN6O2S2. The molecule has 0 amide bonds. The van der Waals surface area contributed by atoms with Crippen molar-refractivity contribution in [3.05, 3.63) is 96.0 Å². The van der Waals surface area contributed by atoms with Crippen molar-refractivity contribution in [2.75, 3.05) is 0 Å². The Morgan fingerprint density at radius 3 is 1.38 bits per heavy atom. The van der Waals surface area contributed by atoms with Gasteiger partial charge in [-0.25, -0.2) is 9.97 Å². The number of azo groups is 2. The molecule has 0 N–H and O–H groups in total. The fraction of sp³-hybridized carbons (Fsp3) is 0. The van der Waals surface area contributed by atoms with Crippen molar-refractivity contribution >= 4 is 65.9 Å². The summed E-state index contributed by atoms with van der Waals surface area (Å²) < 4.78 is 0. The normalized spacial score (nSPS) is 11.0. The number of fused-ring (bicyclic) bond motifs is 2. The van der Waals surface area contributed by atoms with E-state index in [2.05, 4.69) is 30.4 Å². The van der Waals surface area contributed by atoms with Crippen LogP contribution in [0.15, 0.2) is 116 Å². The summed E-state index contributed by atoms with van der Waals surface area (Å²) in [6.45, 7) is 0. The molecule has 6 aromatic rings. The molecule has 11 heteroatoms. The Kier molecular flexibility index (Phi) is 8.65. The molecular weight excluding hydrogens is 548 g/mol. The van der Waals surface area contributed by atoms with Crippen LogP contribution in [0, 0.1) is 0 Å². The van der Waals surface area contributed by atoms with Gasteiger partial charge in [-0.2, -0.15) is 0 Å². The molecule has 4 aromatic carbocycles. The molecule has 0 aliphatic heterocycles. The first kappa shape index (κ1) is 26.1. The molecule has 0 fully saturated rings. The average molecular weight is 564 g/mol. The Hall–Kier alpha value is -4.02. The fourth-order valence-electron chi connectivity index (χ4n) is 3.39. The summed E-state index contributed by atoms with van der Waals surface area (Å²) in [7, 11) is 0. The number of rotatable bonds is 4. The maximum absolute atomic E-state index is 11.8. The van der Waals surface area contributed by atoms with Crippen molar-refractivity contribution in [3.63, 3.8) is 0 Å². The van der Waals surface area contributed by atoms with E-state index in [1.165, 1.54) is 34.8 Å². The predicted molar refractivity (Wildman–Crippen MR) is 139 cm³/mol. The second-order valence-corrected chi connectivity index (χ2v) is 9.04. The van der Waals surface area contributed by atoms with Crippen molar-refractivity contribution in [3.8, 4) is 11.5 Å². The van der Waals surface area contributed by atoms with Crippen LogP contribution in [-0.4, -0.2) is 9.97 Å². The van der Waals surface area contributed by atoms with Crippen molar-refractivity contribution in [1.29, 1.82) is 0 Å². The SMILES string of the molecule is [Fe+2].[O-]c1ccc2ccccc2c1N=Nc1nccs1.[O-]c1ccc2ccccc2c1N=Nc1nccs1. The molecule has 2 heterocycles. The van der Waals surface area contributed by atoms with Crippen molar-refractivity contribution in [2.45, 2.75) is 0 Å². The molecule has 6 rings (SSSR count). The summed E-state index contributed by atoms with van der Waals surface area (Å²) in [5.41, 5.74) is 0.728. The molecule has 37 heavy (non-hydrogen) atoms. The second-order valence-electron chi connectivity index (χ2n) is 7.30. The Bertz CT molecular complexity index is 1550. The van der Waals surface area contributed by atoms with Gasteiger partial charge in [0, 0.05) is 33.9 Å². The van der Waals surface area contributed by atoms with Gasteiger partial charge in [0.05, 0.1) is 11.4 Å². The smallest absolute Gasteiger partial charge is 0.871 e. The van der Waals surface area contributed by atoms with Crippen LogP contribution >= 0.6 is 22.7 Å². The van der Waals surface area contributed by atoms with Crippen molar-refractivity contribution in [1.82, 2.24) is 9.97 Å². The Labute approximate surface area is 230 Å². The molecule has 0 bridgehead atoms. The van der Waals surface area contributed by atoms with Crippen LogP contribution in [0.25, 0.3) is 21.5 Å². The molecule has 0 aliphatic carbocycles. The van der Waals surface area contributed by atoms with Crippen molar-refractivity contribution in [2.24, 2.45) is 20.5 Å². The standard InChI is InChI=1S/2C13H9N3OS.Fe/c2*17-11-6-5-9-3-1-2-4-10(9)12(11)15-16-13-14-7-8-18-13;/h2*1-8,17H;/q;;+2/p-2. The largest absolute Gasteiger partial charge is 2.00 e. The number of aromatic nitrogens is 2. The first-order valence-electron chi connectivity index (χ1n) is 10.7. The molecule has 0 atom stereocenters. The van der Waals surface area contributed by atoms with Crippen LogP contribution in [0.5, 0.6) is 11.5 Å². The van der Waals surface area contributed by atoms with E-state index in [1.54, 1.807) is 24.5 Å². The van der Waals surface area contributed by atoms with E-state index in [9.17, 15) is 10.2 Å². The van der Waals surface area contributed by atoms with Crippen molar-refractivity contribution < 1.29 is 27.3 Å². The summed E-state index contributed by atoms with van der Waals surface area (Å²) in [5.74, 6) is -0.261. The van der Waals surface area contributed by atoms with Gasteiger partial charge in [-0.3, -0.25) is 0 Å². The van der Waals surface area contributed by atoms with Crippen LogP contribution in [-0.2, 0) is 17.1 Å². The monoisotopic (exact) mass is 564 g/mol. The Morgan fingerprint density at radius 1 is 0.541 bits per heavy atom. The zero-order valence-corrected chi connectivity index (χ0v) is 21.6. The molecule has 0 saturated heterocycles. The maximum atomic E-state index is 11.8. The van der Waals surface area contributed by atoms with E-state index in [0.29, 0.717) is 21.6 Å². The van der Waals surface area contributed by atoms with E-state index >= 15 is 0 Å². The number of hydrogen-bond acceptors (Lipinski definition) is 10. The third-order valence-electron chi connectivity index (χ3n) is 5.04. The summed E-state index contributed by atoms with van der Waals surface area (Å²) in [5, 5.41) is 48.0. The van der Waals surface area contributed by atoms with Crippen LogP contribution in [0.3, 0.4) is 0 Å². The quantitative estimate of drug-likeness (QED) is 0.162. The predicted octanol–water partition coefficient (Wildman–Crippen LogP) is 7.57. The maximum Gasteiger partial charge on any atom is 2.00 e. The van der Waals surface area contributed by atoms with Gasteiger partial charge >= 0.3 is 17.1 Å². The third-order valence-corrected chi connectivity index (χ3v) is 6.35. The average Bonchev–Trinajstić information content (AvgIpc) is 3.63. The molecule has 0 aliphatic rings. The van der Waals surface area contributed by atoms with Crippen LogP contribution in [0.4, 0.5) is 21.6 Å². The number of nitrogens with zero attached hydrogens (tertiary/aromatic N) is 6. The summed E-state index contributed by atoms with van der Waals surface area (Å²) in [6.07, 6.45) is 3.31. The molecule has 0 unspecified atom stereocenters. The molecule has 0 radical (unpaired) electrons. The number of benzene rings is 4. The van der Waals surface area contributed by atoms with Gasteiger partial charge in [0.2, 0.25) is 10.3 Å². The fourth-order valence-corrected chi connectivity index (χ4v) is 4.30. The zero-order chi connectivity index (χ0) is 24.7. The second kappa shape index (κ2) is 12.3. The first-order valence-corrected chi connectivity index (χ1v) is 12.4.